The van der Waals surface area contributed by atoms with Gasteiger partial charge in [0.15, 0.2) is 0 Å². The molecule has 0 fully saturated rings. The number of carbonyl (C=O) groups excluding carboxylic acids is 1. The second-order valence-electron chi connectivity index (χ2n) is 6.62. The standard InChI is InChI=1S/C22H19FN4O2/c1-2-26-14-24-20-18(15-6-4-3-5-7-15)12-27(21(20)22(26)29)13-19(28)25-17-10-8-16(23)9-11-17/h3-12,14H,2,13H2,1H3,(H,25,28). The predicted octanol–water partition coefficient (Wildman–Crippen LogP) is 3.66. The number of hydrogen-bond acceptors (Lipinski definition) is 3. The molecule has 0 saturated heterocycles. The van der Waals surface area contributed by atoms with Gasteiger partial charge in [0.1, 0.15) is 23.4 Å². The van der Waals surface area contributed by atoms with E-state index in [0.29, 0.717) is 23.3 Å². The van der Waals surface area contributed by atoms with Crippen molar-refractivity contribution in [3.63, 3.8) is 0 Å². The van der Waals surface area contributed by atoms with Crippen LogP contribution in [0.4, 0.5) is 10.1 Å². The van der Waals surface area contributed by atoms with Crippen LogP contribution in [0, 0.1) is 5.82 Å². The first-order valence-electron chi connectivity index (χ1n) is 9.26. The van der Waals surface area contributed by atoms with Crippen molar-refractivity contribution in [1.29, 1.82) is 0 Å². The van der Waals surface area contributed by atoms with Crippen molar-refractivity contribution in [2.75, 3.05) is 5.32 Å². The first-order valence-corrected chi connectivity index (χ1v) is 9.26. The number of carbonyl (C=O) groups is 1. The van der Waals surface area contributed by atoms with E-state index in [1.807, 2.05) is 37.3 Å². The lowest BCUT2D eigenvalue weighted by Gasteiger charge is -2.08. The van der Waals surface area contributed by atoms with Crippen LogP contribution in [0.5, 0.6) is 0 Å². The quantitative estimate of drug-likeness (QED) is 0.565. The largest absolute Gasteiger partial charge is 0.332 e. The maximum atomic E-state index is 13.1. The molecule has 1 amide bonds. The van der Waals surface area contributed by atoms with Gasteiger partial charge < -0.3 is 9.88 Å². The molecule has 1 N–H and O–H groups in total. The average Bonchev–Trinajstić information content (AvgIpc) is 3.09. The summed E-state index contributed by atoms with van der Waals surface area (Å²) in [4.78, 5) is 30.0. The fraction of sp³-hybridized carbons (Fsp3) is 0.136. The van der Waals surface area contributed by atoms with Gasteiger partial charge in [-0.25, -0.2) is 9.37 Å². The zero-order valence-corrected chi connectivity index (χ0v) is 15.8. The molecule has 7 heteroatoms. The molecule has 0 aliphatic carbocycles. The first-order chi connectivity index (χ1) is 14.1. The molecule has 0 atom stereocenters. The summed E-state index contributed by atoms with van der Waals surface area (Å²) in [5.74, 6) is -0.697. The highest BCUT2D eigenvalue weighted by Crippen LogP contribution is 2.27. The molecular formula is C22H19FN4O2. The molecule has 0 unspecified atom stereocenters. The molecule has 29 heavy (non-hydrogen) atoms. The van der Waals surface area contributed by atoms with Crippen LogP contribution >= 0.6 is 0 Å². The van der Waals surface area contributed by atoms with Gasteiger partial charge in [0.05, 0.1) is 6.33 Å². The van der Waals surface area contributed by atoms with Crippen LogP contribution in [0.25, 0.3) is 22.2 Å². The molecule has 0 aliphatic heterocycles. The van der Waals surface area contributed by atoms with Crippen LogP contribution < -0.4 is 10.9 Å². The Kier molecular flexibility index (Phi) is 4.95. The summed E-state index contributed by atoms with van der Waals surface area (Å²) in [5, 5.41) is 2.72. The Morgan fingerprint density at radius 3 is 2.48 bits per heavy atom. The third-order valence-corrected chi connectivity index (χ3v) is 4.71. The van der Waals surface area contributed by atoms with Crippen molar-refractivity contribution in [2.24, 2.45) is 0 Å². The van der Waals surface area contributed by atoms with Crippen molar-refractivity contribution in [2.45, 2.75) is 20.0 Å². The highest BCUT2D eigenvalue weighted by Gasteiger charge is 2.17. The normalized spacial score (nSPS) is 11.0. The number of amides is 1. The second kappa shape index (κ2) is 7.71. The van der Waals surface area contributed by atoms with Gasteiger partial charge >= 0.3 is 0 Å². The molecule has 4 rings (SSSR count). The number of fused-ring (bicyclic) bond motifs is 1. The SMILES string of the molecule is CCn1cnc2c(-c3ccccc3)cn(CC(=O)Nc3ccc(F)cc3)c2c1=O. The van der Waals surface area contributed by atoms with E-state index in [1.165, 1.54) is 35.2 Å². The lowest BCUT2D eigenvalue weighted by Crippen LogP contribution is -2.24. The molecule has 2 aromatic heterocycles. The van der Waals surface area contributed by atoms with E-state index in [9.17, 15) is 14.0 Å². The molecule has 2 heterocycles. The number of aryl methyl sites for hydroxylation is 1. The van der Waals surface area contributed by atoms with Gasteiger partial charge in [-0.1, -0.05) is 30.3 Å². The molecule has 0 radical (unpaired) electrons. The van der Waals surface area contributed by atoms with Crippen molar-refractivity contribution in [1.82, 2.24) is 14.1 Å². The molecule has 4 aromatic rings. The van der Waals surface area contributed by atoms with E-state index < -0.39 is 0 Å². The number of benzene rings is 2. The Hall–Kier alpha value is -3.74. The van der Waals surface area contributed by atoms with E-state index in [4.69, 9.17) is 0 Å². The van der Waals surface area contributed by atoms with Crippen LogP contribution in [0.1, 0.15) is 6.92 Å². The summed E-state index contributed by atoms with van der Waals surface area (Å²) in [7, 11) is 0. The van der Waals surface area contributed by atoms with Gasteiger partial charge in [-0.2, -0.15) is 0 Å². The predicted molar refractivity (Wildman–Crippen MR) is 110 cm³/mol. The van der Waals surface area contributed by atoms with E-state index in [1.54, 1.807) is 10.8 Å². The highest BCUT2D eigenvalue weighted by atomic mass is 19.1. The Morgan fingerprint density at radius 1 is 1.07 bits per heavy atom. The Balaban J connectivity index is 1.75. The Labute approximate surface area is 166 Å². The van der Waals surface area contributed by atoms with Gasteiger partial charge in [0, 0.05) is 24.0 Å². The topological polar surface area (TPSA) is 68.9 Å². The third-order valence-electron chi connectivity index (χ3n) is 4.71. The van der Waals surface area contributed by atoms with E-state index >= 15 is 0 Å². The number of anilines is 1. The number of nitrogens with one attached hydrogen (secondary N) is 1. The van der Waals surface area contributed by atoms with Crippen LogP contribution in [0.15, 0.2) is 71.9 Å². The van der Waals surface area contributed by atoms with Crippen molar-refractivity contribution < 1.29 is 9.18 Å². The fourth-order valence-corrected chi connectivity index (χ4v) is 3.28. The summed E-state index contributed by atoms with van der Waals surface area (Å²) < 4.78 is 16.2. The molecular weight excluding hydrogens is 371 g/mol. The van der Waals surface area contributed by atoms with Gasteiger partial charge in [0.2, 0.25) is 5.91 Å². The van der Waals surface area contributed by atoms with E-state index in [0.717, 1.165) is 11.1 Å². The number of aromatic nitrogens is 3. The van der Waals surface area contributed by atoms with Crippen molar-refractivity contribution in [3.05, 3.63) is 83.3 Å². The average molecular weight is 390 g/mol. The van der Waals surface area contributed by atoms with Crippen molar-refractivity contribution in [3.8, 4) is 11.1 Å². The minimum absolute atomic E-state index is 0.0641. The molecule has 0 saturated carbocycles. The lowest BCUT2D eigenvalue weighted by atomic mass is 10.1. The van der Waals surface area contributed by atoms with E-state index in [-0.39, 0.29) is 23.8 Å². The lowest BCUT2D eigenvalue weighted by molar-refractivity contribution is -0.116. The zero-order chi connectivity index (χ0) is 20.4. The molecule has 2 aromatic carbocycles. The minimum Gasteiger partial charge on any atom is -0.332 e. The summed E-state index contributed by atoms with van der Waals surface area (Å²) >= 11 is 0. The monoisotopic (exact) mass is 390 g/mol. The molecule has 0 aliphatic rings. The summed E-state index contributed by atoms with van der Waals surface area (Å²) in [6, 6.07) is 15.1. The zero-order valence-electron chi connectivity index (χ0n) is 15.8. The number of rotatable bonds is 5. The summed E-state index contributed by atoms with van der Waals surface area (Å²) in [6.07, 6.45) is 3.30. The number of halogens is 1. The number of nitrogens with zero attached hydrogens (tertiary/aromatic N) is 3. The molecule has 146 valence electrons. The van der Waals surface area contributed by atoms with Crippen LogP contribution in [-0.2, 0) is 17.9 Å². The van der Waals surface area contributed by atoms with E-state index in [2.05, 4.69) is 10.3 Å². The fourth-order valence-electron chi connectivity index (χ4n) is 3.28. The van der Waals surface area contributed by atoms with Gasteiger partial charge in [0.25, 0.3) is 5.56 Å². The Morgan fingerprint density at radius 2 is 1.79 bits per heavy atom. The van der Waals surface area contributed by atoms with Crippen LogP contribution in [0.2, 0.25) is 0 Å². The molecule has 6 nitrogen and oxygen atoms in total. The summed E-state index contributed by atoms with van der Waals surface area (Å²) in [6.45, 7) is 2.28. The number of hydrogen-bond donors (Lipinski definition) is 1. The maximum Gasteiger partial charge on any atom is 0.277 e. The minimum atomic E-state index is -0.377. The van der Waals surface area contributed by atoms with Gasteiger partial charge in [-0.15, -0.1) is 0 Å². The molecule has 0 spiro atoms. The third kappa shape index (κ3) is 3.67. The second-order valence-corrected chi connectivity index (χ2v) is 6.62. The van der Waals surface area contributed by atoms with Crippen molar-refractivity contribution >= 4 is 22.6 Å². The maximum absolute atomic E-state index is 13.1. The van der Waals surface area contributed by atoms with Gasteiger partial charge in [-0.3, -0.25) is 14.2 Å². The highest BCUT2D eigenvalue weighted by molar-refractivity contribution is 5.95. The first kappa shape index (κ1) is 18.6. The van der Waals surface area contributed by atoms with Crippen LogP contribution in [-0.4, -0.2) is 20.0 Å². The Bertz CT molecular complexity index is 1230. The smallest absolute Gasteiger partial charge is 0.277 e. The van der Waals surface area contributed by atoms with Gasteiger partial charge in [-0.05, 0) is 36.8 Å². The molecule has 0 bridgehead atoms. The summed E-state index contributed by atoms with van der Waals surface area (Å²) in [5.41, 5.74) is 2.92. The van der Waals surface area contributed by atoms with Crippen LogP contribution in [0.3, 0.4) is 0 Å².